The molecule has 1 aliphatic rings. The summed E-state index contributed by atoms with van der Waals surface area (Å²) in [5, 5.41) is 3.98. The lowest BCUT2D eigenvalue weighted by molar-refractivity contribution is -0.142. The summed E-state index contributed by atoms with van der Waals surface area (Å²) in [5.41, 5.74) is 0.921. The van der Waals surface area contributed by atoms with Gasteiger partial charge in [0.25, 0.3) is 0 Å². The number of nitrogens with zero attached hydrogens (tertiary/aromatic N) is 1. The third-order valence-electron chi connectivity index (χ3n) is 3.83. The molecule has 1 saturated carbocycles. The van der Waals surface area contributed by atoms with E-state index < -0.39 is 5.97 Å². The minimum atomic E-state index is -0.402. The van der Waals surface area contributed by atoms with Gasteiger partial charge in [0, 0.05) is 19.3 Å². The van der Waals surface area contributed by atoms with Crippen LogP contribution in [-0.2, 0) is 19.2 Å². The van der Waals surface area contributed by atoms with Crippen molar-refractivity contribution in [3.05, 3.63) is 0 Å². The summed E-state index contributed by atoms with van der Waals surface area (Å²) in [6.45, 7) is 3.51. The van der Waals surface area contributed by atoms with Crippen molar-refractivity contribution >= 4 is 17.7 Å². The van der Waals surface area contributed by atoms with Crippen molar-refractivity contribution < 1.29 is 19.2 Å². The van der Waals surface area contributed by atoms with Crippen molar-refractivity contribution in [2.45, 2.75) is 58.8 Å². The number of carbonyl (C=O) groups excluding carboxylic acids is 2. The molecule has 0 saturated heterocycles. The standard InChI is InChI=1S/C15H25NO4/c1-4-5-6-7-13-12(10-15(18)19-3)8-9-14(13)16-20-11(2)17/h12-13H,4-10H2,1-3H3/t12-,13-/m1/s1. The maximum Gasteiger partial charge on any atom is 0.331 e. The molecule has 0 aromatic rings. The van der Waals surface area contributed by atoms with Gasteiger partial charge in [-0.2, -0.15) is 0 Å². The van der Waals surface area contributed by atoms with Gasteiger partial charge in [-0.3, -0.25) is 4.79 Å². The molecule has 1 rings (SSSR count). The quantitative estimate of drug-likeness (QED) is 0.312. The molecule has 5 nitrogen and oxygen atoms in total. The molecule has 2 atom stereocenters. The monoisotopic (exact) mass is 283 g/mol. The predicted octanol–water partition coefficient (Wildman–Crippen LogP) is 3.08. The Morgan fingerprint density at radius 1 is 1.35 bits per heavy atom. The van der Waals surface area contributed by atoms with Gasteiger partial charge in [0.05, 0.1) is 12.8 Å². The van der Waals surface area contributed by atoms with Crippen LogP contribution in [0.15, 0.2) is 5.16 Å². The van der Waals surface area contributed by atoms with Crippen LogP contribution in [0.1, 0.15) is 58.8 Å². The average molecular weight is 283 g/mol. The lowest BCUT2D eigenvalue weighted by Gasteiger charge is -2.18. The van der Waals surface area contributed by atoms with E-state index in [4.69, 9.17) is 9.57 Å². The highest BCUT2D eigenvalue weighted by Gasteiger charge is 2.34. The van der Waals surface area contributed by atoms with Gasteiger partial charge in [0.15, 0.2) is 0 Å². The largest absolute Gasteiger partial charge is 0.469 e. The summed E-state index contributed by atoms with van der Waals surface area (Å²) in [6, 6.07) is 0. The fourth-order valence-corrected chi connectivity index (χ4v) is 2.79. The second kappa shape index (κ2) is 8.72. The highest BCUT2D eigenvalue weighted by Crippen LogP contribution is 2.36. The number of methoxy groups -OCH3 is 1. The third-order valence-corrected chi connectivity index (χ3v) is 3.83. The van der Waals surface area contributed by atoms with E-state index in [0.717, 1.165) is 37.8 Å². The Hall–Kier alpha value is -1.39. The van der Waals surface area contributed by atoms with Gasteiger partial charge in [0.1, 0.15) is 0 Å². The van der Waals surface area contributed by atoms with Gasteiger partial charge >= 0.3 is 11.9 Å². The van der Waals surface area contributed by atoms with Gasteiger partial charge in [0.2, 0.25) is 0 Å². The zero-order valence-corrected chi connectivity index (χ0v) is 12.7. The van der Waals surface area contributed by atoms with Crippen LogP contribution in [-0.4, -0.2) is 24.8 Å². The summed E-state index contributed by atoms with van der Waals surface area (Å²) >= 11 is 0. The van der Waals surface area contributed by atoms with Crippen LogP contribution < -0.4 is 0 Å². The van der Waals surface area contributed by atoms with E-state index in [1.54, 1.807) is 0 Å². The number of oxime groups is 1. The Kier molecular flexibility index (Phi) is 7.26. The van der Waals surface area contributed by atoms with Crippen molar-refractivity contribution in [2.24, 2.45) is 17.0 Å². The van der Waals surface area contributed by atoms with Crippen molar-refractivity contribution in [3.63, 3.8) is 0 Å². The van der Waals surface area contributed by atoms with E-state index in [0.29, 0.717) is 6.42 Å². The molecule has 5 heteroatoms. The fourth-order valence-electron chi connectivity index (χ4n) is 2.79. The Balaban J connectivity index is 2.67. The van der Waals surface area contributed by atoms with E-state index in [1.165, 1.54) is 20.5 Å². The lowest BCUT2D eigenvalue weighted by Crippen LogP contribution is -2.19. The molecule has 1 aliphatic carbocycles. The molecule has 0 amide bonds. The van der Waals surface area contributed by atoms with Crippen molar-refractivity contribution in [2.75, 3.05) is 7.11 Å². The van der Waals surface area contributed by atoms with Crippen LogP contribution in [0.4, 0.5) is 0 Å². The number of unbranched alkanes of at least 4 members (excludes halogenated alkanes) is 2. The summed E-state index contributed by atoms with van der Waals surface area (Å²) in [7, 11) is 1.41. The molecule has 114 valence electrons. The summed E-state index contributed by atoms with van der Waals surface area (Å²) in [6.07, 6.45) is 6.56. The Morgan fingerprint density at radius 3 is 2.70 bits per heavy atom. The third kappa shape index (κ3) is 5.31. The van der Waals surface area contributed by atoms with Crippen LogP contribution in [0.3, 0.4) is 0 Å². The van der Waals surface area contributed by atoms with Crippen molar-refractivity contribution in [1.82, 2.24) is 0 Å². The molecule has 0 bridgehead atoms. The first kappa shape index (κ1) is 16.7. The van der Waals surface area contributed by atoms with Crippen LogP contribution >= 0.6 is 0 Å². The lowest BCUT2D eigenvalue weighted by atomic mass is 9.87. The molecule has 0 aromatic carbocycles. The average Bonchev–Trinajstić information content (AvgIpc) is 2.79. The second-order valence-corrected chi connectivity index (χ2v) is 5.35. The Bertz CT molecular complexity index is 365. The normalized spacial score (nSPS) is 23.9. The maximum atomic E-state index is 11.5. The predicted molar refractivity (Wildman–Crippen MR) is 76.2 cm³/mol. The van der Waals surface area contributed by atoms with Gasteiger partial charge in [-0.05, 0) is 25.2 Å². The van der Waals surface area contributed by atoms with Crippen molar-refractivity contribution in [1.29, 1.82) is 0 Å². The summed E-state index contributed by atoms with van der Waals surface area (Å²) in [4.78, 5) is 27.1. The topological polar surface area (TPSA) is 65.0 Å². The molecule has 0 radical (unpaired) electrons. The Labute approximate surface area is 120 Å². The van der Waals surface area contributed by atoms with Gasteiger partial charge in [-0.25, -0.2) is 4.79 Å². The van der Waals surface area contributed by atoms with Crippen LogP contribution in [0.2, 0.25) is 0 Å². The smallest absolute Gasteiger partial charge is 0.331 e. The highest BCUT2D eigenvalue weighted by molar-refractivity contribution is 5.89. The van der Waals surface area contributed by atoms with Crippen molar-refractivity contribution in [3.8, 4) is 0 Å². The number of hydrogen-bond acceptors (Lipinski definition) is 5. The SMILES string of the molecule is CCCCC[C@H]1C(=NOC(C)=O)CC[C@@H]1CC(=O)OC. The zero-order chi connectivity index (χ0) is 15.0. The number of hydrogen-bond donors (Lipinski definition) is 0. The number of esters is 1. The summed E-state index contributed by atoms with van der Waals surface area (Å²) in [5.74, 6) is -0.0842. The molecule has 0 unspecified atom stereocenters. The van der Waals surface area contributed by atoms with Crippen LogP contribution in [0.25, 0.3) is 0 Å². The first-order valence-electron chi connectivity index (χ1n) is 7.39. The minimum absolute atomic E-state index is 0.177. The molecule has 0 aliphatic heterocycles. The minimum Gasteiger partial charge on any atom is -0.469 e. The van der Waals surface area contributed by atoms with E-state index >= 15 is 0 Å². The molecule has 20 heavy (non-hydrogen) atoms. The van der Waals surface area contributed by atoms with Crippen LogP contribution in [0, 0.1) is 11.8 Å². The van der Waals surface area contributed by atoms with Crippen LogP contribution in [0.5, 0.6) is 0 Å². The van der Waals surface area contributed by atoms with Gasteiger partial charge in [-0.15, -0.1) is 0 Å². The molecule has 0 spiro atoms. The molecule has 0 aromatic heterocycles. The number of ether oxygens (including phenoxy) is 1. The highest BCUT2D eigenvalue weighted by atomic mass is 16.7. The maximum absolute atomic E-state index is 11.5. The summed E-state index contributed by atoms with van der Waals surface area (Å²) < 4.78 is 4.76. The first-order valence-corrected chi connectivity index (χ1v) is 7.39. The van der Waals surface area contributed by atoms with E-state index in [-0.39, 0.29) is 17.8 Å². The van der Waals surface area contributed by atoms with Gasteiger partial charge in [-0.1, -0.05) is 31.3 Å². The zero-order valence-electron chi connectivity index (χ0n) is 12.7. The molecular formula is C15H25NO4. The van der Waals surface area contributed by atoms with Gasteiger partial charge < -0.3 is 9.57 Å². The Morgan fingerprint density at radius 2 is 2.10 bits per heavy atom. The van der Waals surface area contributed by atoms with E-state index in [1.807, 2.05) is 0 Å². The van der Waals surface area contributed by atoms with E-state index in [9.17, 15) is 9.59 Å². The van der Waals surface area contributed by atoms with E-state index in [2.05, 4.69) is 12.1 Å². The fraction of sp³-hybridized carbons (Fsp3) is 0.800. The molecule has 0 heterocycles. The molecular weight excluding hydrogens is 258 g/mol. The number of rotatable bonds is 7. The number of carbonyl (C=O) groups is 2. The first-order chi connectivity index (χ1) is 9.58. The second-order valence-electron chi connectivity index (χ2n) is 5.35. The molecule has 1 fully saturated rings. The molecule has 0 N–H and O–H groups in total.